The van der Waals surface area contributed by atoms with Crippen LogP contribution in [0.5, 0.6) is 0 Å². The third-order valence-electron chi connectivity index (χ3n) is 2.94. The lowest BCUT2D eigenvalue weighted by molar-refractivity contribution is 0.814. The van der Waals surface area contributed by atoms with E-state index in [0.717, 1.165) is 18.1 Å². The Morgan fingerprint density at radius 1 is 1.22 bits per heavy atom. The monoisotopic (exact) mass is 261 g/mol. The van der Waals surface area contributed by atoms with Crippen LogP contribution in [0.2, 0.25) is 0 Å². The van der Waals surface area contributed by atoms with E-state index < -0.39 is 0 Å². The molecule has 0 unspecified atom stereocenters. The topological polar surface area (TPSA) is 37.8 Å². The molecular formula is C14H19N3S. The van der Waals surface area contributed by atoms with Crippen LogP contribution in [0, 0.1) is 13.8 Å². The highest BCUT2D eigenvalue weighted by molar-refractivity contribution is 7.12. The third kappa shape index (κ3) is 3.07. The molecule has 0 aliphatic carbocycles. The fourth-order valence-corrected chi connectivity index (χ4v) is 2.69. The molecule has 0 atom stereocenters. The molecule has 0 aliphatic rings. The summed E-state index contributed by atoms with van der Waals surface area (Å²) in [5, 5.41) is 3.36. The van der Waals surface area contributed by atoms with E-state index in [9.17, 15) is 0 Å². The van der Waals surface area contributed by atoms with Crippen molar-refractivity contribution in [3.63, 3.8) is 0 Å². The van der Waals surface area contributed by atoms with Crippen LogP contribution in [0.1, 0.15) is 40.8 Å². The van der Waals surface area contributed by atoms with Crippen LogP contribution < -0.4 is 5.32 Å². The molecule has 2 rings (SSSR count). The van der Waals surface area contributed by atoms with E-state index in [1.54, 1.807) is 6.33 Å². The van der Waals surface area contributed by atoms with Gasteiger partial charge in [-0.1, -0.05) is 13.8 Å². The van der Waals surface area contributed by atoms with Gasteiger partial charge in [0.25, 0.3) is 0 Å². The summed E-state index contributed by atoms with van der Waals surface area (Å²) in [7, 11) is 0. The first-order chi connectivity index (χ1) is 8.56. The quantitative estimate of drug-likeness (QED) is 0.907. The number of aryl methyl sites for hydroxylation is 2. The molecule has 0 aromatic carbocycles. The fraction of sp³-hybridized carbons (Fsp3) is 0.429. The summed E-state index contributed by atoms with van der Waals surface area (Å²) in [4.78, 5) is 11.2. The van der Waals surface area contributed by atoms with Crippen LogP contribution >= 0.6 is 11.3 Å². The SMILES string of the molecule is Cc1cc(CNc2cc(C(C)C)ncn2)sc1C. The van der Waals surface area contributed by atoms with Gasteiger partial charge in [-0.2, -0.15) is 0 Å². The van der Waals surface area contributed by atoms with Crippen LogP contribution in [0.4, 0.5) is 5.82 Å². The van der Waals surface area contributed by atoms with Gasteiger partial charge in [0.1, 0.15) is 12.1 Å². The summed E-state index contributed by atoms with van der Waals surface area (Å²) in [6, 6.07) is 4.26. The van der Waals surface area contributed by atoms with Gasteiger partial charge in [-0.05, 0) is 31.4 Å². The minimum absolute atomic E-state index is 0.430. The van der Waals surface area contributed by atoms with Crippen LogP contribution in [-0.2, 0) is 6.54 Å². The first-order valence-electron chi connectivity index (χ1n) is 6.18. The molecule has 0 saturated heterocycles. The van der Waals surface area contributed by atoms with E-state index in [1.165, 1.54) is 15.3 Å². The average Bonchev–Trinajstić information content (AvgIpc) is 2.67. The zero-order chi connectivity index (χ0) is 13.1. The van der Waals surface area contributed by atoms with Crippen molar-refractivity contribution in [3.05, 3.63) is 39.5 Å². The second-order valence-electron chi connectivity index (χ2n) is 4.79. The molecule has 2 heterocycles. The van der Waals surface area contributed by atoms with Crippen molar-refractivity contribution in [2.24, 2.45) is 0 Å². The maximum atomic E-state index is 4.26. The largest absolute Gasteiger partial charge is 0.365 e. The van der Waals surface area contributed by atoms with Gasteiger partial charge >= 0.3 is 0 Å². The number of nitrogens with zero attached hydrogens (tertiary/aromatic N) is 2. The Morgan fingerprint density at radius 3 is 2.61 bits per heavy atom. The Kier molecular flexibility index (Phi) is 3.97. The highest BCUT2D eigenvalue weighted by Gasteiger charge is 2.04. The summed E-state index contributed by atoms with van der Waals surface area (Å²) < 4.78 is 0. The minimum atomic E-state index is 0.430. The summed E-state index contributed by atoms with van der Waals surface area (Å²) in [5.74, 6) is 1.33. The number of rotatable bonds is 4. The second-order valence-corrected chi connectivity index (χ2v) is 6.13. The van der Waals surface area contributed by atoms with Gasteiger partial charge in [0.2, 0.25) is 0 Å². The van der Waals surface area contributed by atoms with Crippen LogP contribution in [0.3, 0.4) is 0 Å². The molecule has 0 saturated carbocycles. The molecule has 0 fully saturated rings. The third-order valence-corrected chi connectivity index (χ3v) is 4.09. The molecular weight excluding hydrogens is 242 g/mol. The van der Waals surface area contributed by atoms with Crippen LogP contribution in [0.15, 0.2) is 18.5 Å². The molecule has 2 aromatic heterocycles. The summed E-state index contributed by atoms with van der Waals surface area (Å²) >= 11 is 1.84. The molecule has 96 valence electrons. The molecule has 4 heteroatoms. The molecule has 0 spiro atoms. The lowest BCUT2D eigenvalue weighted by Crippen LogP contribution is -2.02. The zero-order valence-electron chi connectivity index (χ0n) is 11.3. The standard InChI is InChI=1S/C14H19N3S/c1-9(2)13-6-14(17-8-16-13)15-7-12-5-10(3)11(4)18-12/h5-6,8-9H,7H2,1-4H3,(H,15,16,17). The lowest BCUT2D eigenvalue weighted by Gasteiger charge is -2.07. The maximum absolute atomic E-state index is 4.26. The van der Waals surface area contributed by atoms with E-state index in [2.05, 4.69) is 49.0 Å². The Labute approximate surface area is 112 Å². The Morgan fingerprint density at radius 2 is 2.00 bits per heavy atom. The van der Waals surface area contributed by atoms with Gasteiger partial charge < -0.3 is 5.32 Å². The van der Waals surface area contributed by atoms with Crippen LogP contribution in [-0.4, -0.2) is 9.97 Å². The van der Waals surface area contributed by atoms with Gasteiger partial charge in [-0.15, -0.1) is 11.3 Å². The van der Waals surface area contributed by atoms with Gasteiger partial charge in [-0.3, -0.25) is 0 Å². The van der Waals surface area contributed by atoms with Gasteiger partial charge in [0.15, 0.2) is 0 Å². The molecule has 3 nitrogen and oxygen atoms in total. The summed E-state index contributed by atoms with van der Waals surface area (Å²) in [5.41, 5.74) is 2.44. The van der Waals surface area contributed by atoms with Gasteiger partial charge in [-0.25, -0.2) is 9.97 Å². The number of nitrogens with one attached hydrogen (secondary N) is 1. The predicted octanol–water partition coefficient (Wildman–Crippen LogP) is 3.89. The van der Waals surface area contributed by atoms with Crippen molar-refractivity contribution in [1.29, 1.82) is 0 Å². The lowest BCUT2D eigenvalue weighted by atomic mass is 10.1. The smallest absolute Gasteiger partial charge is 0.129 e. The van der Waals surface area contributed by atoms with Crippen molar-refractivity contribution < 1.29 is 0 Å². The van der Waals surface area contributed by atoms with Crippen LogP contribution in [0.25, 0.3) is 0 Å². The number of hydrogen-bond donors (Lipinski definition) is 1. The first kappa shape index (κ1) is 13.0. The molecule has 0 amide bonds. The van der Waals surface area contributed by atoms with Crippen molar-refractivity contribution in [2.75, 3.05) is 5.32 Å². The van der Waals surface area contributed by atoms with E-state index >= 15 is 0 Å². The summed E-state index contributed by atoms with van der Waals surface area (Å²) in [6.07, 6.45) is 1.63. The highest BCUT2D eigenvalue weighted by atomic mass is 32.1. The number of aromatic nitrogens is 2. The Hall–Kier alpha value is -1.42. The van der Waals surface area contributed by atoms with Gasteiger partial charge in [0, 0.05) is 21.5 Å². The van der Waals surface area contributed by atoms with E-state index in [4.69, 9.17) is 0 Å². The molecule has 2 aromatic rings. The highest BCUT2D eigenvalue weighted by Crippen LogP contribution is 2.21. The van der Waals surface area contributed by atoms with E-state index in [-0.39, 0.29) is 0 Å². The molecule has 0 radical (unpaired) electrons. The second kappa shape index (κ2) is 5.48. The molecule has 18 heavy (non-hydrogen) atoms. The maximum Gasteiger partial charge on any atom is 0.129 e. The van der Waals surface area contributed by atoms with E-state index in [1.807, 2.05) is 17.4 Å². The zero-order valence-corrected chi connectivity index (χ0v) is 12.1. The molecule has 0 aliphatic heterocycles. The fourth-order valence-electron chi connectivity index (χ4n) is 1.70. The Bertz CT molecular complexity index is 512. The summed E-state index contributed by atoms with van der Waals surface area (Å²) in [6.45, 7) is 9.41. The molecule has 0 bridgehead atoms. The van der Waals surface area contributed by atoms with Crippen molar-refractivity contribution in [3.8, 4) is 0 Å². The number of anilines is 1. The number of hydrogen-bond acceptors (Lipinski definition) is 4. The predicted molar refractivity (Wildman–Crippen MR) is 77.2 cm³/mol. The van der Waals surface area contributed by atoms with Gasteiger partial charge in [0.05, 0.1) is 6.54 Å². The van der Waals surface area contributed by atoms with Crippen molar-refractivity contribution in [1.82, 2.24) is 9.97 Å². The normalized spacial score (nSPS) is 10.9. The Balaban J connectivity index is 2.03. The van der Waals surface area contributed by atoms with E-state index in [0.29, 0.717) is 5.92 Å². The first-order valence-corrected chi connectivity index (χ1v) is 6.99. The minimum Gasteiger partial charge on any atom is -0.365 e. The molecule has 1 N–H and O–H groups in total. The average molecular weight is 261 g/mol. The van der Waals surface area contributed by atoms with Crippen molar-refractivity contribution in [2.45, 2.75) is 40.2 Å². The number of thiophene rings is 1. The van der Waals surface area contributed by atoms with Crippen molar-refractivity contribution >= 4 is 17.2 Å².